The second-order valence-electron chi connectivity index (χ2n) is 6.70. The summed E-state index contributed by atoms with van der Waals surface area (Å²) >= 11 is 0. The van der Waals surface area contributed by atoms with E-state index in [4.69, 9.17) is 0 Å². The molecular weight excluding hydrogens is 331 g/mol. The molecule has 1 amide bonds. The summed E-state index contributed by atoms with van der Waals surface area (Å²) in [4.78, 5) is 12.4. The predicted octanol–water partition coefficient (Wildman–Crippen LogP) is 2.39. The van der Waals surface area contributed by atoms with Crippen LogP contribution in [0.4, 0.5) is 4.39 Å². The lowest BCUT2D eigenvalue weighted by atomic mass is 9.97. The monoisotopic (exact) mass is 356 g/mol. The van der Waals surface area contributed by atoms with Gasteiger partial charge in [0.05, 0.1) is 10.8 Å². The summed E-state index contributed by atoms with van der Waals surface area (Å²) < 4.78 is 39.7. The van der Waals surface area contributed by atoms with Gasteiger partial charge in [-0.25, -0.2) is 12.8 Å². The van der Waals surface area contributed by atoms with Gasteiger partial charge in [-0.2, -0.15) is 4.31 Å². The SMILES string of the molecule is CC(C)[C@H](C)NC(=O)[C@H]1CCCN(S(=O)(=O)c2ccc(F)cc2)C1. The Morgan fingerprint density at radius 2 is 1.88 bits per heavy atom. The maximum atomic E-state index is 13.0. The second-order valence-corrected chi connectivity index (χ2v) is 8.64. The highest BCUT2D eigenvalue weighted by atomic mass is 32.2. The Bertz CT molecular complexity index is 674. The maximum absolute atomic E-state index is 13.0. The van der Waals surface area contributed by atoms with Crippen LogP contribution in [0.2, 0.25) is 0 Å². The zero-order valence-corrected chi connectivity index (χ0v) is 15.1. The third-order valence-corrected chi connectivity index (χ3v) is 6.46. The van der Waals surface area contributed by atoms with Crippen molar-refractivity contribution in [2.45, 2.75) is 44.6 Å². The van der Waals surface area contributed by atoms with Gasteiger partial charge >= 0.3 is 0 Å². The van der Waals surface area contributed by atoms with Crippen molar-refractivity contribution in [1.82, 2.24) is 9.62 Å². The van der Waals surface area contributed by atoms with E-state index in [-0.39, 0.29) is 29.3 Å². The van der Waals surface area contributed by atoms with Crippen LogP contribution in [-0.4, -0.2) is 37.8 Å². The van der Waals surface area contributed by atoms with E-state index in [2.05, 4.69) is 5.32 Å². The standard InChI is InChI=1S/C17H25FN2O3S/c1-12(2)13(3)19-17(21)14-5-4-10-20(11-14)24(22,23)16-8-6-15(18)7-9-16/h6-9,12-14H,4-5,10-11H2,1-3H3,(H,19,21)/t13-,14-/m0/s1. The quantitative estimate of drug-likeness (QED) is 0.881. The summed E-state index contributed by atoms with van der Waals surface area (Å²) in [5, 5.41) is 2.96. The molecule has 1 aromatic carbocycles. The molecule has 0 spiro atoms. The molecule has 1 saturated heterocycles. The number of nitrogens with one attached hydrogen (secondary N) is 1. The number of sulfonamides is 1. The third-order valence-electron chi connectivity index (χ3n) is 4.58. The first kappa shape index (κ1) is 18.9. The number of halogens is 1. The van der Waals surface area contributed by atoms with Crippen molar-refractivity contribution in [3.63, 3.8) is 0 Å². The number of benzene rings is 1. The maximum Gasteiger partial charge on any atom is 0.243 e. The van der Waals surface area contributed by atoms with E-state index >= 15 is 0 Å². The van der Waals surface area contributed by atoms with Crippen molar-refractivity contribution in [2.24, 2.45) is 11.8 Å². The van der Waals surface area contributed by atoms with E-state index in [0.29, 0.717) is 25.3 Å². The van der Waals surface area contributed by atoms with Gasteiger partial charge < -0.3 is 5.32 Å². The topological polar surface area (TPSA) is 66.5 Å². The first-order valence-electron chi connectivity index (χ1n) is 8.28. The van der Waals surface area contributed by atoms with Gasteiger partial charge in [0.2, 0.25) is 15.9 Å². The van der Waals surface area contributed by atoms with Crippen molar-refractivity contribution < 1.29 is 17.6 Å². The molecule has 134 valence electrons. The molecule has 24 heavy (non-hydrogen) atoms. The number of hydrogen-bond acceptors (Lipinski definition) is 3. The smallest absolute Gasteiger partial charge is 0.243 e. The molecule has 1 fully saturated rings. The molecule has 0 radical (unpaired) electrons. The van der Waals surface area contributed by atoms with E-state index in [1.54, 1.807) is 0 Å². The van der Waals surface area contributed by atoms with Crippen LogP contribution in [0.5, 0.6) is 0 Å². The van der Waals surface area contributed by atoms with Crippen molar-refractivity contribution in [3.8, 4) is 0 Å². The molecule has 7 heteroatoms. The first-order chi connectivity index (χ1) is 11.2. The van der Waals surface area contributed by atoms with Crippen molar-refractivity contribution in [2.75, 3.05) is 13.1 Å². The molecule has 5 nitrogen and oxygen atoms in total. The highest BCUT2D eigenvalue weighted by Crippen LogP contribution is 2.24. The van der Waals surface area contributed by atoms with Gasteiger partial charge in [0.25, 0.3) is 0 Å². The molecular formula is C17H25FN2O3S. The average molecular weight is 356 g/mol. The van der Waals surface area contributed by atoms with Crippen LogP contribution in [0.1, 0.15) is 33.6 Å². The number of carbonyl (C=O) groups is 1. The lowest BCUT2D eigenvalue weighted by Gasteiger charge is -2.32. The number of rotatable bonds is 5. The molecule has 1 aromatic rings. The van der Waals surface area contributed by atoms with Gasteiger partial charge in [-0.05, 0) is 49.9 Å². The number of amides is 1. The summed E-state index contributed by atoms with van der Waals surface area (Å²) in [7, 11) is -3.70. The van der Waals surface area contributed by atoms with Crippen LogP contribution in [0, 0.1) is 17.7 Å². The lowest BCUT2D eigenvalue weighted by molar-refractivity contribution is -0.127. The van der Waals surface area contributed by atoms with Gasteiger partial charge in [0, 0.05) is 19.1 Å². The summed E-state index contributed by atoms with van der Waals surface area (Å²) in [6.45, 7) is 6.53. The molecule has 2 atom stereocenters. The van der Waals surface area contributed by atoms with Gasteiger partial charge in [-0.1, -0.05) is 13.8 Å². The molecule has 0 saturated carbocycles. The molecule has 0 aliphatic carbocycles. The Hall–Kier alpha value is -1.47. The fourth-order valence-electron chi connectivity index (χ4n) is 2.64. The van der Waals surface area contributed by atoms with E-state index in [1.807, 2.05) is 20.8 Å². The number of nitrogens with zero attached hydrogens (tertiary/aromatic N) is 1. The molecule has 1 aliphatic rings. The zero-order chi connectivity index (χ0) is 17.9. The minimum Gasteiger partial charge on any atom is -0.353 e. The Morgan fingerprint density at radius 1 is 1.25 bits per heavy atom. The summed E-state index contributed by atoms with van der Waals surface area (Å²) in [5.74, 6) is -0.616. The first-order valence-corrected chi connectivity index (χ1v) is 9.72. The Balaban J connectivity index is 2.09. The van der Waals surface area contributed by atoms with Crippen LogP contribution in [0.3, 0.4) is 0 Å². The second kappa shape index (κ2) is 7.61. The highest BCUT2D eigenvalue weighted by molar-refractivity contribution is 7.89. The summed E-state index contributed by atoms with van der Waals surface area (Å²) in [6.07, 6.45) is 1.31. The van der Waals surface area contributed by atoms with E-state index in [0.717, 1.165) is 12.1 Å². The highest BCUT2D eigenvalue weighted by Gasteiger charge is 2.33. The fourth-order valence-corrected chi connectivity index (χ4v) is 4.16. The molecule has 1 heterocycles. The van der Waals surface area contributed by atoms with Crippen LogP contribution in [-0.2, 0) is 14.8 Å². The predicted molar refractivity (Wildman–Crippen MR) is 90.3 cm³/mol. The Labute approximate surface area is 143 Å². The molecule has 0 aromatic heterocycles. The van der Waals surface area contributed by atoms with E-state index in [9.17, 15) is 17.6 Å². The van der Waals surface area contributed by atoms with E-state index < -0.39 is 15.8 Å². The normalized spacial score (nSPS) is 20.8. The molecule has 0 unspecified atom stereocenters. The fraction of sp³-hybridized carbons (Fsp3) is 0.588. The van der Waals surface area contributed by atoms with Gasteiger partial charge in [-0.3, -0.25) is 4.79 Å². The third kappa shape index (κ3) is 4.33. The van der Waals surface area contributed by atoms with Crippen LogP contribution in [0.15, 0.2) is 29.2 Å². The molecule has 2 rings (SSSR count). The summed E-state index contributed by atoms with van der Waals surface area (Å²) in [5.41, 5.74) is 0. The zero-order valence-electron chi connectivity index (χ0n) is 14.3. The van der Waals surface area contributed by atoms with E-state index in [1.165, 1.54) is 16.4 Å². The molecule has 1 aliphatic heterocycles. The minimum atomic E-state index is -3.70. The van der Waals surface area contributed by atoms with Crippen LogP contribution in [0.25, 0.3) is 0 Å². The Morgan fingerprint density at radius 3 is 2.46 bits per heavy atom. The van der Waals surface area contributed by atoms with Crippen molar-refractivity contribution in [1.29, 1.82) is 0 Å². The molecule has 0 bridgehead atoms. The largest absolute Gasteiger partial charge is 0.353 e. The Kier molecular flexibility index (Phi) is 5.98. The molecule has 1 N–H and O–H groups in total. The minimum absolute atomic E-state index is 0.0431. The number of piperidine rings is 1. The number of carbonyl (C=O) groups excluding carboxylic acids is 1. The van der Waals surface area contributed by atoms with Gasteiger partial charge in [0.1, 0.15) is 5.82 Å². The van der Waals surface area contributed by atoms with Crippen molar-refractivity contribution >= 4 is 15.9 Å². The number of hydrogen-bond donors (Lipinski definition) is 1. The summed E-state index contributed by atoms with van der Waals surface area (Å²) in [6, 6.07) is 4.82. The lowest BCUT2D eigenvalue weighted by Crippen LogP contribution is -2.47. The van der Waals surface area contributed by atoms with Gasteiger partial charge in [-0.15, -0.1) is 0 Å². The van der Waals surface area contributed by atoms with Crippen LogP contribution >= 0.6 is 0 Å². The van der Waals surface area contributed by atoms with Gasteiger partial charge in [0.15, 0.2) is 0 Å². The van der Waals surface area contributed by atoms with Crippen molar-refractivity contribution in [3.05, 3.63) is 30.1 Å². The van der Waals surface area contributed by atoms with Crippen LogP contribution < -0.4 is 5.32 Å². The average Bonchev–Trinajstić information content (AvgIpc) is 2.55.